The summed E-state index contributed by atoms with van der Waals surface area (Å²) < 4.78 is 5.24. The molecule has 0 aliphatic heterocycles. The summed E-state index contributed by atoms with van der Waals surface area (Å²) in [5.41, 5.74) is 3.07. The van der Waals surface area contributed by atoms with Crippen LogP contribution in [-0.4, -0.2) is 24.3 Å². The molecule has 1 N–H and O–H groups in total. The second kappa shape index (κ2) is 9.79. The molecule has 0 radical (unpaired) electrons. The highest BCUT2D eigenvalue weighted by atomic mass is 35.5. The van der Waals surface area contributed by atoms with Crippen molar-refractivity contribution in [2.24, 2.45) is 0 Å². The number of ether oxygens (including phenoxy) is 1. The maximum Gasteiger partial charge on any atom is 0.339 e. The monoisotopic (exact) mass is 447 g/mol. The van der Waals surface area contributed by atoms with Crippen molar-refractivity contribution in [1.29, 1.82) is 0 Å². The van der Waals surface area contributed by atoms with Crippen LogP contribution in [0.5, 0.6) is 0 Å². The molecule has 4 rings (SSSR count). The van der Waals surface area contributed by atoms with Crippen molar-refractivity contribution >= 4 is 29.3 Å². The third-order valence-electron chi connectivity index (χ3n) is 5.54. The number of aryl methyl sites for hydroxylation is 1. The van der Waals surface area contributed by atoms with Gasteiger partial charge in [0.2, 0.25) is 0 Å². The molecule has 0 spiro atoms. The van der Waals surface area contributed by atoms with Gasteiger partial charge in [0.05, 0.1) is 11.6 Å². The van der Waals surface area contributed by atoms with Gasteiger partial charge in [-0.2, -0.15) is 0 Å². The van der Waals surface area contributed by atoms with Crippen LogP contribution in [0.1, 0.15) is 56.3 Å². The SMILES string of the molecule is O=C(COC(=O)c1ccccc1C(=O)c1ccc(Cl)cc1)NC1CCCc2ccccc21. The Hall–Kier alpha value is -3.44. The zero-order valence-electron chi connectivity index (χ0n) is 17.3. The van der Waals surface area contributed by atoms with Crippen molar-refractivity contribution in [3.05, 3.63) is 106 Å². The minimum absolute atomic E-state index is 0.0927. The molecule has 162 valence electrons. The number of esters is 1. The van der Waals surface area contributed by atoms with Gasteiger partial charge in [-0.3, -0.25) is 9.59 Å². The molecular weight excluding hydrogens is 426 g/mol. The van der Waals surface area contributed by atoms with Gasteiger partial charge in [0.25, 0.3) is 5.91 Å². The van der Waals surface area contributed by atoms with E-state index in [9.17, 15) is 14.4 Å². The number of carbonyl (C=O) groups excluding carboxylic acids is 3. The lowest BCUT2D eigenvalue weighted by Crippen LogP contribution is -2.34. The van der Waals surface area contributed by atoms with Gasteiger partial charge in [-0.1, -0.05) is 54.1 Å². The third kappa shape index (κ3) is 4.89. The summed E-state index contributed by atoms with van der Waals surface area (Å²) in [5.74, 6) is -1.42. The average Bonchev–Trinajstić information content (AvgIpc) is 2.83. The van der Waals surface area contributed by atoms with Crippen LogP contribution in [0.2, 0.25) is 5.02 Å². The van der Waals surface area contributed by atoms with Crippen LogP contribution >= 0.6 is 11.6 Å². The van der Waals surface area contributed by atoms with Gasteiger partial charge in [0.1, 0.15) is 0 Å². The molecule has 5 nitrogen and oxygen atoms in total. The zero-order chi connectivity index (χ0) is 22.5. The first-order valence-electron chi connectivity index (χ1n) is 10.5. The maximum absolute atomic E-state index is 12.9. The third-order valence-corrected chi connectivity index (χ3v) is 5.79. The lowest BCUT2D eigenvalue weighted by atomic mass is 9.88. The Labute approximate surface area is 191 Å². The van der Waals surface area contributed by atoms with Crippen LogP contribution in [0.25, 0.3) is 0 Å². The van der Waals surface area contributed by atoms with Gasteiger partial charge in [-0.05, 0) is 60.7 Å². The highest BCUT2D eigenvalue weighted by molar-refractivity contribution is 6.30. The van der Waals surface area contributed by atoms with Crippen molar-refractivity contribution in [3.8, 4) is 0 Å². The predicted octanol–water partition coefficient (Wildman–Crippen LogP) is 4.92. The summed E-state index contributed by atoms with van der Waals surface area (Å²) in [7, 11) is 0. The minimum Gasteiger partial charge on any atom is -0.452 e. The second-order valence-corrected chi connectivity index (χ2v) is 8.11. The molecule has 32 heavy (non-hydrogen) atoms. The molecule has 0 bridgehead atoms. The molecule has 1 aliphatic carbocycles. The summed E-state index contributed by atoms with van der Waals surface area (Å²) in [4.78, 5) is 38.0. The number of hydrogen-bond acceptors (Lipinski definition) is 4. The molecule has 1 amide bonds. The smallest absolute Gasteiger partial charge is 0.339 e. The van der Waals surface area contributed by atoms with Crippen molar-refractivity contribution < 1.29 is 19.1 Å². The summed E-state index contributed by atoms with van der Waals surface area (Å²) in [6.45, 7) is -0.416. The molecule has 1 aliphatic rings. The summed E-state index contributed by atoms with van der Waals surface area (Å²) >= 11 is 5.89. The van der Waals surface area contributed by atoms with Crippen LogP contribution in [0, 0.1) is 0 Å². The summed E-state index contributed by atoms with van der Waals surface area (Å²) in [5, 5.41) is 3.47. The van der Waals surface area contributed by atoms with E-state index in [1.807, 2.05) is 18.2 Å². The molecule has 0 heterocycles. The van der Waals surface area contributed by atoms with E-state index in [1.165, 1.54) is 11.6 Å². The van der Waals surface area contributed by atoms with E-state index in [0.717, 1.165) is 24.8 Å². The molecule has 0 saturated carbocycles. The first-order valence-corrected chi connectivity index (χ1v) is 10.8. The van der Waals surface area contributed by atoms with Gasteiger partial charge in [0.15, 0.2) is 12.4 Å². The van der Waals surface area contributed by atoms with Gasteiger partial charge in [-0.15, -0.1) is 0 Å². The lowest BCUT2D eigenvalue weighted by molar-refractivity contribution is -0.125. The van der Waals surface area contributed by atoms with E-state index in [2.05, 4.69) is 11.4 Å². The van der Waals surface area contributed by atoms with E-state index >= 15 is 0 Å². The normalized spacial score (nSPS) is 14.8. The predicted molar refractivity (Wildman–Crippen MR) is 122 cm³/mol. The maximum atomic E-state index is 12.9. The molecule has 3 aromatic carbocycles. The number of amides is 1. The topological polar surface area (TPSA) is 72.5 Å². The molecule has 0 saturated heterocycles. The fourth-order valence-corrected chi connectivity index (χ4v) is 4.09. The second-order valence-electron chi connectivity index (χ2n) is 7.67. The van der Waals surface area contributed by atoms with Crippen molar-refractivity contribution in [2.75, 3.05) is 6.61 Å². The molecule has 0 aromatic heterocycles. The highest BCUT2D eigenvalue weighted by Gasteiger charge is 2.23. The Bertz CT molecular complexity index is 1160. The van der Waals surface area contributed by atoms with E-state index in [0.29, 0.717) is 10.6 Å². The Balaban J connectivity index is 1.41. The van der Waals surface area contributed by atoms with Gasteiger partial charge in [0, 0.05) is 16.1 Å². The van der Waals surface area contributed by atoms with Crippen LogP contribution in [0.4, 0.5) is 0 Å². The quantitative estimate of drug-likeness (QED) is 0.430. The van der Waals surface area contributed by atoms with Gasteiger partial charge < -0.3 is 10.1 Å². The molecule has 0 fully saturated rings. The number of rotatable bonds is 6. The first-order chi connectivity index (χ1) is 15.5. The van der Waals surface area contributed by atoms with E-state index in [-0.39, 0.29) is 28.9 Å². The Morgan fingerprint density at radius 1 is 0.906 bits per heavy atom. The Morgan fingerprint density at radius 3 is 2.38 bits per heavy atom. The molecule has 1 atom stereocenters. The number of halogens is 1. The van der Waals surface area contributed by atoms with Gasteiger partial charge in [-0.25, -0.2) is 4.79 Å². The lowest BCUT2D eigenvalue weighted by Gasteiger charge is -2.26. The largest absolute Gasteiger partial charge is 0.452 e. The van der Waals surface area contributed by atoms with Crippen LogP contribution < -0.4 is 5.32 Å². The highest BCUT2D eigenvalue weighted by Crippen LogP contribution is 2.29. The number of benzene rings is 3. The molecule has 1 unspecified atom stereocenters. The summed E-state index contributed by atoms with van der Waals surface area (Å²) in [6, 6.07) is 20.8. The van der Waals surface area contributed by atoms with Crippen LogP contribution in [0.3, 0.4) is 0 Å². The van der Waals surface area contributed by atoms with Crippen LogP contribution in [-0.2, 0) is 16.0 Å². The van der Waals surface area contributed by atoms with E-state index in [4.69, 9.17) is 16.3 Å². The number of hydrogen-bond donors (Lipinski definition) is 1. The van der Waals surface area contributed by atoms with Crippen molar-refractivity contribution in [2.45, 2.75) is 25.3 Å². The number of fused-ring (bicyclic) bond motifs is 1. The van der Waals surface area contributed by atoms with Crippen molar-refractivity contribution in [3.63, 3.8) is 0 Å². The first kappa shape index (κ1) is 21.8. The van der Waals surface area contributed by atoms with E-state index in [1.54, 1.807) is 42.5 Å². The molecule has 6 heteroatoms. The van der Waals surface area contributed by atoms with Crippen molar-refractivity contribution in [1.82, 2.24) is 5.32 Å². The molecule has 3 aromatic rings. The average molecular weight is 448 g/mol. The Kier molecular flexibility index (Phi) is 6.66. The summed E-state index contributed by atoms with van der Waals surface area (Å²) in [6.07, 6.45) is 2.83. The van der Waals surface area contributed by atoms with E-state index < -0.39 is 12.6 Å². The fraction of sp³-hybridized carbons (Fsp3) is 0.192. The Morgan fingerprint density at radius 2 is 1.59 bits per heavy atom. The minimum atomic E-state index is -0.720. The number of carbonyl (C=O) groups is 3. The zero-order valence-corrected chi connectivity index (χ0v) is 18.1. The number of nitrogens with one attached hydrogen (secondary N) is 1. The van der Waals surface area contributed by atoms with Gasteiger partial charge >= 0.3 is 5.97 Å². The fourth-order valence-electron chi connectivity index (χ4n) is 3.96. The standard InChI is InChI=1S/C26H22ClNO4/c27-19-14-12-18(13-15-19)25(30)21-9-3-4-10-22(21)26(31)32-16-24(29)28-23-11-5-7-17-6-1-2-8-20(17)23/h1-4,6,8-10,12-15,23H,5,7,11,16H2,(H,28,29). The molecular formula is C26H22ClNO4. The number of ketones is 1. The van der Waals surface area contributed by atoms with Crippen LogP contribution in [0.15, 0.2) is 72.8 Å².